The first kappa shape index (κ1) is 23.9. The molecule has 0 radical (unpaired) electrons. The molecule has 1 fully saturated rings. The fourth-order valence-corrected chi connectivity index (χ4v) is 4.96. The van der Waals surface area contributed by atoms with Gasteiger partial charge in [-0.3, -0.25) is 4.79 Å². The highest BCUT2D eigenvalue weighted by atomic mass is 16.5. The number of aryl methyl sites for hydroxylation is 1. The van der Waals surface area contributed by atoms with Crippen LogP contribution in [0.25, 0.3) is 0 Å². The maximum Gasteiger partial charge on any atom is 0.258 e. The molecule has 0 saturated heterocycles. The van der Waals surface area contributed by atoms with Gasteiger partial charge < -0.3 is 9.64 Å². The van der Waals surface area contributed by atoms with Crippen molar-refractivity contribution in [3.8, 4) is 11.5 Å². The Bertz CT molecular complexity index is 1260. The largest absolute Gasteiger partial charge is 0.457 e. The highest BCUT2D eigenvalue weighted by Gasteiger charge is 2.20. The molecule has 1 saturated carbocycles. The molecule has 0 spiro atoms. The van der Waals surface area contributed by atoms with Crippen LogP contribution in [0.15, 0.2) is 103 Å². The van der Waals surface area contributed by atoms with E-state index in [2.05, 4.69) is 43.3 Å². The Morgan fingerprint density at radius 2 is 1.39 bits per heavy atom. The minimum atomic E-state index is -0.0264. The Hall–Kier alpha value is -3.85. The molecule has 36 heavy (non-hydrogen) atoms. The van der Waals surface area contributed by atoms with Crippen LogP contribution in [0.4, 0.5) is 5.69 Å². The Morgan fingerprint density at radius 1 is 0.750 bits per heavy atom. The van der Waals surface area contributed by atoms with Crippen LogP contribution in [0, 0.1) is 6.92 Å². The number of para-hydroxylation sites is 1. The van der Waals surface area contributed by atoms with Crippen LogP contribution >= 0.6 is 0 Å². The molecule has 1 amide bonds. The second-order valence-corrected chi connectivity index (χ2v) is 9.74. The number of carbonyl (C=O) groups excluding carboxylic acids is 1. The van der Waals surface area contributed by atoms with Gasteiger partial charge in [-0.2, -0.15) is 0 Å². The minimum absolute atomic E-state index is 0.0264. The van der Waals surface area contributed by atoms with Crippen LogP contribution < -0.4 is 9.64 Å². The van der Waals surface area contributed by atoms with Crippen LogP contribution in [-0.2, 0) is 6.54 Å². The highest BCUT2D eigenvalue weighted by molar-refractivity contribution is 6.06. The van der Waals surface area contributed by atoms with Crippen molar-refractivity contribution in [3.63, 3.8) is 0 Å². The second-order valence-electron chi connectivity index (χ2n) is 9.74. The van der Waals surface area contributed by atoms with Crippen molar-refractivity contribution in [3.05, 3.63) is 125 Å². The van der Waals surface area contributed by atoms with Crippen molar-refractivity contribution in [1.29, 1.82) is 0 Å². The zero-order valence-electron chi connectivity index (χ0n) is 20.9. The number of anilines is 1. The summed E-state index contributed by atoms with van der Waals surface area (Å²) in [7, 11) is 0. The van der Waals surface area contributed by atoms with E-state index in [9.17, 15) is 4.79 Å². The van der Waals surface area contributed by atoms with E-state index in [4.69, 9.17) is 4.74 Å². The van der Waals surface area contributed by atoms with Gasteiger partial charge in [0.15, 0.2) is 0 Å². The summed E-state index contributed by atoms with van der Waals surface area (Å²) in [6.07, 6.45) is 6.60. The van der Waals surface area contributed by atoms with E-state index < -0.39 is 0 Å². The predicted octanol–water partition coefficient (Wildman–Crippen LogP) is 8.68. The van der Waals surface area contributed by atoms with E-state index in [1.54, 1.807) is 0 Å². The monoisotopic (exact) mass is 475 g/mol. The quantitative estimate of drug-likeness (QED) is 0.267. The summed E-state index contributed by atoms with van der Waals surface area (Å²) in [5, 5.41) is 0. The van der Waals surface area contributed by atoms with E-state index in [0.717, 1.165) is 17.0 Å². The fraction of sp³-hybridized carbons (Fsp3) is 0.242. The molecule has 0 bridgehead atoms. The highest BCUT2D eigenvalue weighted by Crippen LogP contribution is 2.33. The van der Waals surface area contributed by atoms with Gasteiger partial charge in [0.1, 0.15) is 11.5 Å². The molecule has 0 aromatic heterocycles. The van der Waals surface area contributed by atoms with Crippen molar-refractivity contribution in [2.45, 2.75) is 51.5 Å². The molecule has 0 atom stereocenters. The van der Waals surface area contributed by atoms with Gasteiger partial charge in [0.2, 0.25) is 0 Å². The first-order valence-electron chi connectivity index (χ1n) is 13.0. The third kappa shape index (κ3) is 5.85. The van der Waals surface area contributed by atoms with Crippen molar-refractivity contribution >= 4 is 11.6 Å². The van der Waals surface area contributed by atoms with Crippen molar-refractivity contribution < 1.29 is 9.53 Å². The number of amides is 1. The van der Waals surface area contributed by atoms with E-state index >= 15 is 0 Å². The lowest BCUT2D eigenvalue weighted by atomic mass is 9.84. The summed E-state index contributed by atoms with van der Waals surface area (Å²) in [4.78, 5) is 15.6. The zero-order valence-corrected chi connectivity index (χ0v) is 20.9. The average Bonchev–Trinajstić information content (AvgIpc) is 2.94. The van der Waals surface area contributed by atoms with Crippen molar-refractivity contribution in [2.24, 2.45) is 0 Å². The number of hydrogen-bond acceptors (Lipinski definition) is 2. The summed E-state index contributed by atoms with van der Waals surface area (Å²) in [5.41, 5.74) is 5.26. The molecule has 3 heteroatoms. The number of carbonyl (C=O) groups is 1. The van der Waals surface area contributed by atoms with Crippen LogP contribution in [0.5, 0.6) is 11.5 Å². The van der Waals surface area contributed by atoms with Gasteiger partial charge in [-0.05, 0) is 85.3 Å². The summed E-state index contributed by atoms with van der Waals surface area (Å²) in [6, 6.07) is 34.1. The van der Waals surface area contributed by atoms with Crippen LogP contribution in [0.3, 0.4) is 0 Å². The van der Waals surface area contributed by atoms with Crippen LogP contribution in [-0.4, -0.2) is 5.91 Å². The van der Waals surface area contributed by atoms with E-state index in [1.807, 2.05) is 71.6 Å². The number of hydrogen-bond donors (Lipinski definition) is 0. The molecule has 5 rings (SSSR count). The van der Waals surface area contributed by atoms with Crippen molar-refractivity contribution in [1.82, 2.24) is 0 Å². The lowest BCUT2D eigenvalue weighted by Crippen LogP contribution is -2.30. The molecule has 1 aliphatic carbocycles. The Kier molecular flexibility index (Phi) is 7.47. The number of benzene rings is 4. The normalized spacial score (nSPS) is 13.8. The first-order chi connectivity index (χ1) is 17.7. The molecule has 0 aliphatic heterocycles. The lowest BCUT2D eigenvalue weighted by molar-refractivity contribution is 0.0985. The van der Waals surface area contributed by atoms with E-state index in [1.165, 1.54) is 43.2 Å². The molecule has 4 aromatic rings. The molecular formula is C33H33NO2. The summed E-state index contributed by atoms with van der Waals surface area (Å²) in [5.74, 6) is 2.13. The van der Waals surface area contributed by atoms with Crippen molar-refractivity contribution in [2.75, 3.05) is 4.90 Å². The molecule has 0 unspecified atom stereocenters. The zero-order chi connectivity index (χ0) is 24.7. The van der Waals surface area contributed by atoms with Crippen LogP contribution in [0.1, 0.15) is 65.1 Å². The van der Waals surface area contributed by atoms with E-state index in [-0.39, 0.29) is 5.91 Å². The molecule has 3 nitrogen and oxygen atoms in total. The number of ether oxygens (including phenoxy) is 1. The van der Waals surface area contributed by atoms with Gasteiger partial charge >= 0.3 is 0 Å². The van der Waals surface area contributed by atoms with Gasteiger partial charge in [0.25, 0.3) is 5.91 Å². The summed E-state index contributed by atoms with van der Waals surface area (Å²) >= 11 is 0. The maximum absolute atomic E-state index is 13.7. The minimum Gasteiger partial charge on any atom is -0.457 e. The lowest BCUT2D eigenvalue weighted by Gasteiger charge is -2.25. The molecule has 0 N–H and O–H groups in total. The third-order valence-corrected chi connectivity index (χ3v) is 7.07. The fourth-order valence-electron chi connectivity index (χ4n) is 4.96. The first-order valence-corrected chi connectivity index (χ1v) is 13.0. The number of rotatable bonds is 7. The van der Waals surface area contributed by atoms with Crippen LogP contribution in [0.2, 0.25) is 0 Å². The summed E-state index contributed by atoms with van der Waals surface area (Å²) < 4.78 is 5.90. The van der Waals surface area contributed by atoms with Gasteiger partial charge in [-0.1, -0.05) is 79.4 Å². The molecular weight excluding hydrogens is 442 g/mol. The standard InChI is InChI=1S/C33H33NO2/c1-25-12-20-30(21-13-25)34(24-26-14-16-28(17-15-26)27-8-4-2-5-9-27)33(35)29-18-22-32(23-19-29)36-31-10-6-3-7-11-31/h3,6-7,10-23,27H,2,4-5,8-9,24H2,1H3. The molecule has 4 aromatic carbocycles. The topological polar surface area (TPSA) is 29.5 Å². The van der Waals surface area contributed by atoms with Gasteiger partial charge in [-0.15, -0.1) is 0 Å². The molecule has 182 valence electrons. The Morgan fingerprint density at radius 3 is 2.06 bits per heavy atom. The number of nitrogens with zero attached hydrogens (tertiary/aromatic N) is 1. The predicted molar refractivity (Wildman–Crippen MR) is 147 cm³/mol. The Labute approximate surface area is 214 Å². The second kappa shape index (κ2) is 11.3. The van der Waals surface area contributed by atoms with E-state index in [0.29, 0.717) is 23.8 Å². The Balaban J connectivity index is 1.35. The smallest absolute Gasteiger partial charge is 0.258 e. The molecule has 1 aliphatic rings. The SMILES string of the molecule is Cc1ccc(N(Cc2ccc(C3CCCCC3)cc2)C(=O)c2ccc(Oc3ccccc3)cc2)cc1. The summed E-state index contributed by atoms with van der Waals surface area (Å²) in [6.45, 7) is 2.58. The van der Waals surface area contributed by atoms with Gasteiger partial charge in [0, 0.05) is 11.3 Å². The average molecular weight is 476 g/mol. The van der Waals surface area contributed by atoms with Gasteiger partial charge in [-0.25, -0.2) is 0 Å². The van der Waals surface area contributed by atoms with Gasteiger partial charge in [0.05, 0.1) is 6.54 Å². The molecule has 0 heterocycles. The third-order valence-electron chi connectivity index (χ3n) is 7.07. The maximum atomic E-state index is 13.7.